The van der Waals surface area contributed by atoms with E-state index in [4.69, 9.17) is 0 Å². The van der Waals surface area contributed by atoms with Crippen molar-refractivity contribution in [2.75, 3.05) is 60.8 Å². The molecule has 1 aliphatic heterocycles. The molecule has 0 aliphatic carbocycles. The molecule has 1 aliphatic rings. The number of nitrogens with zero attached hydrogens (tertiary/aromatic N) is 8. The lowest BCUT2D eigenvalue weighted by atomic mass is 9.91. The number of aryl methyl sites for hydroxylation is 1. The van der Waals surface area contributed by atoms with Crippen LogP contribution in [-0.2, 0) is 59.2 Å². The number of thioether (sulfide) groups is 1. The second kappa shape index (κ2) is 39.6. The topological polar surface area (TPSA) is 292 Å². The highest BCUT2D eigenvalue weighted by atomic mass is 32.2. The minimum atomic E-state index is -1.64. The Labute approximate surface area is 572 Å². The molecule has 1 aromatic heterocycles. The Morgan fingerprint density at radius 3 is 1.38 bits per heavy atom. The molecule has 24 nitrogen and oxygen atoms in total. The Morgan fingerprint density at radius 1 is 0.484 bits per heavy atom. The zero-order valence-electron chi connectivity index (χ0n) is 61.7. The van der Waals surface area contributed by atoms with Gasteiger partial charge in [0.25, 0.3) is 0 Å². The molecule has 25 heteroatoms. The second-order valence-electron chi connectivity index (χ2n) is 28.5. The number of carbonyl (C=O) groups excluding carboxylic acids is 11. The summed E-state index contributed by atoms with van der Waals surface area (Å²) in [6.07, 6.45) is 6.89. The van der Waals surface area contributed by atoms with Crippen molar-refractivity contribution in [3.63, 3.8) is 0 Å². The molecule has 2 heterocycles. The third-order valence-electron chi connectivity index (χ3n) is 17.9. The predicted octanol–water partition coefficient (Wildman–Crippen LogP) is 5.01. The maximum Gasteiger partial charge on any atom is 0.246 e. The van der Waals surface area contributed by atoms with Crippen LogP contribution in [0.1, 0.15) is 162 Å². The number of aromatic nitrogens is 1. The van der Waals surface area contributed by atoms with Gasteiger partial charge in [-0.2, -0.15) is 11.8 Å². The predicted molar refractivity (Wildman–Crippen MR) is 373 cm³/mol. The van der Waals surface area contributed by atoms with E-state index in [1.165, 1.54) is 104 Å². The molecule has 0 aromatic carbocycles. The summed E-state index contributed by atoms with van der Waals surface area (Å²) >= 11 is 1.40. The molecule has 1 aromatic rings. The number of allylic oxidation sites excluding steroid dienone is 2. The van der Waals surface area contributed by atoms with E-state index in [0.29, 0.717) is 18.6 Å². The van der Waals surface area contributed by atoms with Crippen LogP contribution in [0.5, 0.6) is 0 Å². The Bertz CT molecular complexity index is 2750. The van der Waals surface area contributed by atoms with Crippen LogP contribution in [-0.4, -0.2) is 243 Å². The number of aliphatic hydroxyl groups is 1. The van der Waals surface area contributed by atoms with Crippen molar-refractivity contribution >= 4 is 76.7 Å². The summed E-state index contributed by atoms with van der Waals surface area (Å²) in [6.45, 7) is 30.0. The molecule has 1 fully saturated rings. The first kappa shape index (κ1) is 84.5. The lowest BCUT2D eigenvalue weighted by molar-refractivity contribution is -0.157. The van der Waals surface area contributed by atoms with E-state index in [-0.39, 0.29) is 61.5 Å². The van der Waals surface area contributed by atoms with E-state index >= 15 is 28.8 Å². The lowest BCUT2D eigenvalue weighted by Crippen LogP contribution is -2.64. The van der Waals surface area contributed by atoms with Crippen molar-refractivity contribution in [1.82, 2.24) is 60.6 Å². The molecular formula is C70H120N12O12S. The van der Waals surface area contributed by atoms with E-state index in [0.717, 1.165) is 10.5 Å². The maximum absolute atomic E-state index is 15.4. The first-order valence-electron chi connectivity index (χ1n) is 34.0. The monoisotopic (exact) mass is 1350 g/mol. The zero-order valence-corrected chi connectivity index (χ0v) is 62.5. The number of amides is 11. The van der Waals surface area contributed by atoms with Gasteiger partial charge in [-0.15, -0.1) is 0 Å². The van der Waals surface area contributed by atoms with Crippen molar-refractivity contribution in [3.8, 4) is 0 Å². The number of pyridine rings is 1. The normalized spacial score (nSPS) is 26.1. The van der Waals surface area contributed by atoms with Gasteiger partial charge in [0, 0.05) is 67.5 Å². The quantitative estimate of drug-likeness (QED) is 0.0848. The van der Waals surface area contributed by atoms with Gasteiger partial charge < -0.3 is 60.7 Å². The molecule has 2 rings (SSSR count). The fourth-order valence-electron chi connectivity index (χ4n) is 11.9. The summed E-state index contributed by atoms with van der Waals surface area (Å²) in [5.74, 6) is -9.30. The number of rotatable bonds is 20. The Morgan fingerprint density at radius 2 is 0.905 bits per heavy atom. The molecule has 0 saturated carbocycles. The Kier molecular flexibility index (Phi) is 35.2. The largest absolute Gasteiger partial charge is 0.390 e. The van der Waals surface area contributed by atoms with E-state index in [9.17, 15) is 29.1 Å². The van der Waals surface area contributed by atoms with Gasteiger partial charge in [0.15, 0.2) is 0 Å². The van der Waals surface area contributed by atoms with Gasteiger partial charge >= 0.3 is 0 Å². The second-order valence-corrected chi connectivity index (χ2v) is 29.6. The third-order valence-corrected chi connectivity index (χ3v) is 19.0. The molecule has 5 N–H and O–H groups in total. The van der Waals surface area contributed by atoms with Crippen molar-refractivity contribution in [2.45, 2.75) is 235 Å². The highest BCUT2D eigenvalue weighted by Crippen LogP contribution is 2.27. The van der Waals surface area contributed by atoms with Gasteiger partial charge in [-0.05, 0) is 131 Å². The van der Waals surface area contributed by atoms with Crippen LogP contribution in [0.25, 0.3) is 0 Å². The van der Waals surface area contributed by atoms with E-state index in [1.54, 1.807) is 60.0 Å². The summed E-state index contributed by atoms with van der Waals surface area (Å²) < 4.78 is 0. The molecule has 538 valence electrons. The van der Waals surface area contributed by atoms with Crippen LogP contribution < -0.4 is 21.3 Å². The summed E-state index contributed by atoms with van der Waals surface area (Å²) in [5, 5.41) is 23.5. The van der Waals surface area contributed by atoms with Gasteiger partial charge in [-0.25, -0.2) is 0 Å². The van der Waals surface area contributed by atoms with Gasteiger partial charge in [-0.1, -0.05) is 109 Å². The standard InChI is InChI=1S/C70H120N12O12S/c1-25-27-28-46(15)59(83)58-63(87)74-50(26-2)65(89)80(22)55(39-95-34-31-49-29-32-71-33-30-49)68(92)76(18)52(36-41(5)6)62(86)75-56(44(11)12)69(93)77(19)51(35-40(3)4)61(85)72-47(16)60(84)73-48(17)64(88)78(20)53(37-42(7)8)66(90)79(21)54(38-43(9)10)67(91)81(23)57(45(13)14)70(94)82(58)24/h25,27,29-30,32-33,40-48,50-59,83H,26,28,31,34-39H2,1-24H3,(H,72,85)(H,73,84)(H,74,87)(H,75,86)/b27-25+/t46-,47-,48+,50-,51?,52+,53-,54-,55-,56-,57-,58-,59-/m1/s1. The van der Waals surface area contributed by atoms with E-state index < -0.39 is 155 Å². The zero-order chi connectivity index (χ0) is 72.8. The first-order valence-corrected chi connectivity index (χ1v) is 35.2. The SMILES string of the molecule is C/C=C/C[C@@H](C)[C@@H](O)[C@@H]1C(=O)N[C@H](CC)C(=O)N(C)[C@H](CSCCc2ccncc2)C(=O)N(C)[C@@H](CC(C)C)C(=O)N[C@H](C(C)C)C(=O)N(C)C(CC(C)C)C(=O)N[C@H](C)C(=O)N[C@@H](C)C(=O)N(C)[C@H](CC(C)C)C(=O)N(C)[C@H](CC(C)C)C(=O)N(C)[C@H](C(C)C)C(=O)N1C. The van der Waals surface area contributed by atoms with Gasteiger partial charge in [0.05, 0.1) is 6.10 Å². The average molecular weight is 1350 g/mol. The number of likely N-dealkylation sites (N-methyl/N-ethyl adjacent to an activating group) is 7. The van der Waals surface area contributed by atoms with E-state index in [1.807, 2.05) is 80.5 Å². The molecule has 95 heavy (non-hydrogen) atoms. The lowest BCUT2D eigenvalue weighted by Gasteiger charge is -2.41. The van der Waals surface area contributed by atoms with Crippen LogP contribution in [0.2, 0.25) is 0 Å². The fourth-order valence-corrected chi connectivity index (χ4v) is 13.1. The van der Waals surface area contributed by atoms with Crippen molar-refractivity contribution in [3.05, 3.63) is 42.2 Å². The third kappa shape index (κ3) is 24.2. The van der Waals surface area contributed by atoms with Crippen LogP contribution in [0.4, 0.5) is 0 Å². The maximum atomic E-state index is 15.4. The van der Waals surface area contributed by atoms with Crippen LogP contribution >= 0.6 is 11.8 Å². The smallest absolute Gasteiger partial charge is 0.246 e. The highest BCUT2D eigenvalue weighted by Gasteiger charge is 2.46. The Hall–Kier alpha value is -6.63. The molecular weight excluding hydrogens is 1230 g/mol. The molecule has 11 amide bonds. The summed E-state index contributed by atoms with van der Waals surface area (Å²) in [5.41, 5.74) is 0.993. The summed E-state index contributed by atoms with van der Waals surface area (Å²) in [6, 6.07) is -10.1. The first-order chi connectivity index (χ1) is 44.2. The number of carbonyl (C=O) groups is 11. The van der Waals surface area contributed by atoms with Gasteiger partial charge in [0.1, 0.15) is 66.5 Å². The number of aliphatic hydroxyl groups excluding tert-OH is 1. The van der Waals surface area contributed by atoms with E-state index in [2.05, 4.69) is 26.3 Å². The summed E-state index contributed by atoms with van der Waals surface area (Å²) in [7, 11) is 10.1. The van der Waals surface area contributed by atoms with Crippen LogP contribution in [0.15, 0.2) is 36.7 Å². The fraction of sp³-hybridized carbons (Fsp3) is 0.743. The highest BCUT2D eigenvalue weighted by molar-refractivity contribution is 7.99. The molecule has 1 unspecified atom stereocenters. The number of hydrogen-bond acceptors (Lipinski definition) is 14. The molecule has 13 atom stereocenters. The minimum Gasteiger partial charge on any atom is -0.390 e. The minimum absolute atomic E-state index is 0.00302. The number of hydrogen-bond donors (Lipinski definition) is 5. The average Bonchev–Trinajstić information content (AvgIpc) is 0.814. The Balaban J connectivity index is 3.11. The number of nitrogens with one attached hydrogen (secondary N) is 4. The van der Waals surface area contributed by atoms with Gasteiger partial charge in [-0.3, -0.25) is 57.7 Å². The van der Waals surface area contributed by atoms with Crippen molar-refractivity contribution in [1.29, 1.82) is 0 Å². The molecule has 0 spiro atoms. The molecule has 0 bridgehead atoms. The van der Waals surface area contributed by atoms with Crippen LogP contribution in [0, 0.1) is 41.4 Å². The van der Waals surface area contributed by atoms with Crippen LogP contribution in [0.3, 0.4) is 0 Å². The summed E-state index contributed by atoms with van der Waals surface area (Å²) in [4.78, 5) is 177. The van der Waals surface area contributed by atoms with Crippen molar-refractivity contribution < 1.29 is 57.8 Å². The van der Waals surface area contributed by atoms with Crippen molar-refractivity contribution in [2.24, 2.45) is 41.4 Å². The molecule has 0 radical (unpaired) electrons. The van der Waals surface area contributed by atoms with Gasteiger partial charge in [0.2, 0.25) is 65.0 Å². The molecule has 1 saturated heterocycles.